The molecule has 1 heterocycles. The van der Waals surface area contributed by atoms with Crippen molar-refractivity contribution in [3.63, 3.8) is 0 Å². The Morgan fingerprint density at radius 3 is 2.52 bits per heavy atom. The first kappa shape index (κ1) is 15.1. The van der Waals surface area contributed by atoms with E-state index in [1.165, 1.54) is 0 Å². The number of methoxy groups -OCH3 is 2. The first-order valence-corrected chi connectivity index (χ1v) is 6.70. The molecule has 5 nitrogen and oxygen atoms in total. The summed E-state index contributed by atoms with van der Waals surface area (Å²) in [6.45, 7) is 2.21. The predicted octanol–water partition coefficient (Wildman–Crippen LogP) is 2.70. The van der Waals surface area contributed by atoms with E-state index in [9.17, 15) is 0 Å². The molecule has 0 aliphatic heterocycles. The Morgan fingerprint density at radius 1 is 1.10 bits per heavy atom. The number of rotatable bonds is 6. The highest BCUT2D eigenvalue weighted by Gasteiger charge is 2.13. The Hall–Kier alpha value is -2.27. The summed E-state index contributed by atoms with van der Waals surface area (Å²) in [5, 5.41) is 0. The molecule has 0 saturated carbocycles. The summed E-state index contributed by atoms with van der Waals surface area (Å²) in [4.78, 5) is 4.29. The van der Waals surface area contributed by atoms with Crippen molar-refractivity contribution in [3.8, 4) is 17.2 Å². The molecule has 0 spiro atoms. The van der Waals surface area contributed by atoms with Gasteiger partial charge in [0.05, 0.1) is 14.2 Å². The zero-order valence-corrected chi connectivity index (χ0v) is 12.5. The van der Waals surface area contributed by atoms with Gasteiger partial charge in [-0.2, -0.15) is 0 Å². The third-order valence-electron chi connectivity index (χ3n) is 3.14. The van der Waals surface area contributed by atoms with E-state index in [2.05, 4.69) is 4.98 Å². The van der Waals surface area contributed by atoms with E-state index in [1.807, 2.05) is 31.2 Å². The van der Waals surface area contributed by atoms with E-state index in [0.29, 0.717) is 17.2 Å². The minimum absolute atomic E-state index is 0.0960. The smallest absolute Gasteiger partial charge is 0.185 e. The van der Waals surface area contributed by atoms with Crippen LogP contribution < -0.4 is 19.9 Å². The van der Waals surface area contributed by atoms with Crippen LogP contribution in [0, 0.1) is 0 Å². The predicted molar refractivity (Wildman–Crippen MR) is 80.7 cm³/mol. The number of pyridine rings is 1. The second-order valence-electron chi connectivity index (χ2n) is 4.61. The number of nitrogens with two attached hydrogens (primary N) is 1. The van der Waals surface area contributed by atoms with Crippen molar-refractivity contribution in [3.05, 3.63) is 47.8 Å². The molecule has 1 aromatic heterocycles. The number of para-hydroxylation sites is 1. The van der Waals surface area contributed by atoms with Crippen LogP contribution in [-0.2, 0) is 6.61 Å². The van der Waals surface area contributed by atoms with Gasteiger partial charge in [-0.15, -0.1) is 0 Å². The van der Waals surface area contributed by atoms with Gasteiger partial charge in [-0.3, -0.25) is 4.98 Å². The van der Waals surface area contributed by atoms with Crippen molar-refractivity contribution in [1.82, 2.24) is 4.98 Å². The van der Waals surface area contributed by atoms with E-state index in [0.717, 1.165) is 11.3 Å². The van der Waals surface area contributed by atoms with E-state index in [4.69, 9.17) is 19.9 Å². The van der Waals surface area contributed by atoms with Crippen molar-refractivity contribution < 1.29 is 14.2 Å². The van der Waals surface area contributed by atoms with Crippen molar-refractivity contribution >= 4 is 0 Å². The highest BCUT2D eigenvalue weighted by molar-refractivity contribution is 5.43. The van der Waals surface area contributed by atoms with E-state index < -0.39 is 0 Å². The monoisotopic (exact) mass is 288 g/mol. The summed E-state index contributed by atoms with van der Waals surface area (Å²) in [5.41, 5.74) is 7.58. The topological polar surface area (TPSA) is 66.6 Å². The number of aromatic nitrogens is 1. The Bertz CT molecular complexity index is 600. The van der Waals surface area contributed by atoms with E-state index in [-0.39, 0.29) is 12.6 Å². The molecule has 0 unspecified atom stereocenters. The van der Waals surface area contributed by atoms with Gasteiger partial charge >= 0.3 is 0 Å². The SMILES string of the molecule is COc1ccnc(COc2ccccc2[C@@H](C)N)c1OC. The number of hydrogen-bond acceptors (Lipinski definition) is 5. The second-order valence-corrected chi connectivity index (χ2v) is 4.61. The van der Waals surface area contributed by atoms with Gasteiger partial charge in [-0.25, -0.2) is 0 Å². The summed E-state index contributed by atoms with van der Waals surface area (Å²) in [5.74, 6) is 1.96. The maximum atomic E-state index is 5.94. The van der Waals surface area contributed by atoms with Gasteiger partial charge in [-0.1, -0.05) is 18.2 Å². The lowest BCUT2D eigenvalue weighted by molar-refractivity contribution is 0.281. The van der Waals surface area contributed by atoms with Gasteiger partial charge in [0.25, 0.3) is 0 Å². The van der Waals surface area contributed by atoms with Crippen LogP contribution in [0.3, 0.4) is 0 Å². The molecule has 0 saturated heterocycles. The first-order chi connectivity index (χ1) is 10.2. The summed E-state index contributed by atoms with van der Waals surface area (Å²) in [6.07, 6.45) is 1.66. The third kappa shape index (κ3) is 3.44. The molecule has 0 fully saturated rings. The summed E-state index contributed by atoms with van der Waals surface area (Å²) in [6, 6.07) is 9.36. The fourth-order valence-electron chi connectivity index (χ4n) is 2.09. The lowest BCUT2D eigenvalue weighted by atomic mass is 10.1. The molecule has 21 heavy (non-hydrogen) atoms. The third-order valence-corrected chi connectivity index (χ3v) is 3.14. The Balaban J connectivity index is 2.21. The Labute approximate surface area is 124 Å². The number of ether oxygens (including phenoxy) is 3. The number of nitrogens with zero attached hydrogens (tertiary/aromatic N) is 1. The molecule has 112 valence electrons. The number of hydrogen-bond donors (Lipinski definition) is 1. The van der Waals surface area contributed by atoms with Crippen LogP contribution in [-0.4, -0.2) is 19.2 Å². The molecule has 5 heteroatoms. The van der Waals surface area contributed by atoms with Crippen LogP contribution >= 0.6 is 0 Å². The molecule has 0 aliphatic carbocycles. The molecule has 1 aromatic carbocycles. The highest BCUT2D eigenvalue weighted by atomic mass is 16.5. The highest BCUT2D eigenvalue weighted by Crippen LogP contribution is 2.30. The maximum Gasteiger partial charge on any atom is 0.185 e. The molecular weight excluding hydrogens is 268 g/mol. The van der Waals surface area contributed by atoms with Gasteiger partial charge in [0.2, 0.25) is 0 Å². The van der Waals surface area contributed by atoms with Gasteiger partial charge in [0.15, 0.2) is 11.5 Å². The molecule has 0 amide bonds. The van der Waals surface area contributed by atoms with Crippen molar-refractivity contribution in [2.45, 2.75) is 19.6 Å². The van der Waals surface area contributed by atoms with Crippen LogP contribution in [0.25, 0.3) is 0 Å². The van der Waals surface area contributed by atoms with Crippen LogP contribution in [0.15, 0.2) is 36.5 Å². The molecule has 1 atom stereocenters. The van der Waals surface area contributed by atoms with Crippen LogP contribution in [0.5, 0.6) is 17.2 Å². The second kappa shape index (κ2) is 6.95. The molecule has 0 aliphatic rings. The van der Waals surface area contributed by atoms with Gasteiger partial charge in [0, 0.05) is 23.9 Å². The minimum atomic E-state index is -0.0960. The molecule has 2 N–H and O–H groups in total. The lowest BCUT2D eigenvalue weighted by Crippen LogP contribution is -2.09. The van der Waals surface area contributed by atoms with Gasteiger partial charge < -0.3 is 19.9 Å². The zero-order chi connectivity index (χ0) is 15.2. The summed E-state index contributed by atoms with van der Waals surface area (Å²) >= 11 is 0. The standard InChI is InChI=1S/C16H20N2O3/c1-11(17)12-6-4-5-7-14(12)21-10-13-16(20-3)15(19-2)8-9-18-13/h4-9,11H,10,17H2,1-3H3/t11-/m1/s1. The Kier molecular flexibility index (Phi) is 5.00. The van der Waals surface area contributed by atoms with E-state index >= 15 is 0 Å². The van der Waals surface area contributed by atoms with Crippen LogP contribution in [0.4, 0.5) is 0 Å². The molecule has 0 bridgehead atoms. The average Bonchev–Trinajstić information content (AvgIpc) is 2.52. The van der Waals surface area contributed by atoms with Crippen LogP contribution in [0.2, 0.25) is 0 Å². The van der Waals surface area contributed by atoms with E-state index in [1.54, 1.807) is 26.5 Å². The zero-order valence-electron chi connectivity index (χ0n) is 12.5. The lowest BCUT2D eigenvalue weighted by Gasteiger charge is -2.15. The minimum Gasteiger partial charge on any atom is -0.493 e. The summed E-state index contributed by atoms with van der Waals surface area (Å²) < 4.78 is 16.4. The largest absolute Gasteiger partial charge is 0.493 e. The molecule has 0 radical (unpaired) electrons. The molecule has 2 rings (SSSR count). The normalized spacial score (nSPS) is 11.8. The Morgan fingerprint density at radius 2 is 1.86 bits per heavy atom. The van der Waals surface area contributed by atoms with Gasteiger partial charge in [-0.05, 0) is 13.0 Å². The quantitative estimate of drug-likeness (QED) is 0.885. The first-order valence-electron chi connectivity index (χ1n) is 6.70. The number of benzene rings is 1. The average molecular weight is 288 g/mol. The fourth-order valence-corrected chi connectivity index (χ4v) is 2.09. The molecule has 2 aromatic rings. The van der Waals surface area contributed by atoms with Crippen molar-refractivity contribution in [1.29, 1.82) is 0 Å². The van der Waals surface area contributed by atoms with Crippen LogP contribution in [0.1, 0.15) is 24.2 Å². The van der Waals surface area contributed by atoms with Crippen molar-refractivity contribution in [2.24, 2.45) is 5.73 Å². The maximum absolute atomic E-state index is 5.94. The fraction of sp³-hybridized carbons (Fsp3) is 0.312. The van der Waals surface area contributed by atoms with Crippen molar-refractivity contribution in [2.75, 3.05) is 14.2 Å². The summed E-state index contributed by atoms with van der Waals surface area (Å²) in [7, 11) is 3.17. The molecular formula is C16H20N2O3. The van der Waals surface area contributed by atoms with Gasteiger partial charge in [0.1, 0.15) is 18.1 Å².